The number of nitrogens with zero attached hydrogens (tertiary/aromatic N) is 1. The Morgan fingerprint density at radius 1 is 1.22 bits per heavy atom. The highest BCUT2D eigenvalue weighted by atomic mass is 35.5. The molecule has 3 N–H and O–H groups in total. The molecule has 170 valence electrons. The fourth-order valence-corrected chi connectivity index (χ4v) is 4.55. The van der Waals surface area contributed by atoms with Crippen molar-refractivity contribution in [1.29, 1.82) is 0 Å². The number of benzene rings is 2. The van der Waals surface area contributed by atoms with E-state index in [0.717, 1.165) is 11.5 Å². The zero-order valence-corrected chi connectivity index (χ0v) is 20.1. The molecule has 0 radical (unpaired) electrons. The summed E-state index contributed by atoms with van der Waals surface area (Å²) in [4.78, 5) is -0.00168. The molecular formula is C21H20ClFN2O4S3. The van der Waals surface area contributed by atoms with E-state index in [9.17, 15) is 18.0 Å². The largest absolute Gasteiger partial charge is 0.460 e. The summed E-state index contributed by atoms with van der Waals surface area (Å²) >= 11 is 12.4. The van der Waals surface area contributed by atoms with Crippen LogP contribution in [0.3, 0.4) is 0 Å². The number of hydrogen-bond acceptors (Lipinski definition) is 6. The molecule has 0 atom stereocenters. The van der Waals surface area contributed by atoms with Crippen LogP contribution >= 0.6 is 35.6 Å². The minimum Gasteiger partial charge on any atom is -0.460 e. The minimum atomic E-state index is -3.81. The number of rotatable bonds is 7. The van der Waals surface area contributed by atoms with E-state index in [-0.39, 0.29) is 9.92 Å². The van der Waals surface area contributed by atoms with E-state index in [1.165, 1.54) is 43.1 Å². The van der Waals surface area contributed by atoms with Crippen molar-refractivity contribution in [3.63, 3.8) is 0 Å². The summed E-state index contributed by atoms with van der Waals surface area (Å²) < 4.78 is 43.2. The molecule has 11 heteroatoms. The van der Waals surface area contributed by atoms with Crippen LogP contribution in [0.5, 0.6) is 0 Å². The van der Waals surface area contributed by atoms with Crippen molar-refractivity contribution in [1.82, 2.24) is 5.06 Å². The number of thioether (sulfide) groups is 1. The smallest absolute Gasteiger partial charge is 0.238 e. The zero-order valence-electron chi connectivity index (χ0n) is 16.9. The van der Waals surface area contributed by atoms with Crippen molar-refractivity contribution >= 4 is 49.9 Å². The van der Waals surface area contributed by atoms with Gasteiger partial charge in [0, 0.05) is 30.3 Å². The van der Waals surface area contributed by atoms with Crippen LogP contribution in [0.2, 0.25) is 5.02 Å². The van der Waals surface area contributed by atoms with E-state index in [0.29, 0.717) is 44.7 Å². The van der Waals surface area contributed by atoms with Crippen LogP contribution < -0.4 is 5.14 Å². The fraction of sp³-hybridized carbons (Fsp3) is 0.190. The number of hydrogen-bond donors (Lipinski definition) is 2. The molecule has 0 bridgehead atoms. The third kappa shape index (κ3) is 6.09. The average molecular weight is 515 g/mol. The Morgan fingerprint density at radius 3 is 2.47 bits per heavy atom. The first-order valence-corrected chi connectivity index (χ1v) is 12.7. The third-order valence-corrected chi connectivity index (χ3v) is 7.36. The Kier molecular flexibility index (Phi) is 7.97. The molecular weight excluding hydrogens is 495 g/mol. The normalized spacial score (nSPS) is 11.5. The molecule has 0 aliphatic carbocycles. The number of thiocarbonyl (C=S) groups is 1. The summed E-state index contributed by atoms with van der Waals surface area (Å²) in [6.45, 7) is 0. The Hall–Kier alpha value is -1.95. The molecule has 2 aromatic carbocycles. The lowest BCUT2D eigenvalue weighted by Crippen LogP contribution is -2.17. The molecule has 3 aromatic rings. The summed E-state index contributed by atoms with van der Waals surface area (Å²) in [6.07, 6.45) is 1.33. The van der Waals surface area contributed by atoms with E-state index in [1.54, 1.807) is 18.2 Å². The van der Waals surface area contributed by atoms with Crippen LogP contribution in [0.25, 0.3) is 22.5 Å². The molecule has 6 nitrogen and oxygen atoms in total. The lowest BCUT2D eigenvalue weighted by atomic mass is 10.0. The van der Waals surface area contributed by atoms with Crippen LogP contribution in [-0.2, 0) is 16.4 Å². The topological polar surface area (TPSA) is 96.8 Å². The predicted octanol–water partition coefficient (Wildman–Crippen LogP) is 5.33. The molecule has 0 aliphatic heterocycles. The van der Waals surface area contributed by atoms with Crippen LogP contribution in [-0.4, -0.2) is 35.8 Å². The van der Waals surface area contributed by atoms with Gasteiger partial charge >= 0.3 is 0 Å². The first-order chi connectivity index (χ1) is 15.1. The van der Waals surface area contributed by atoms with Crippen molar-refractivity contribution in [3.8, 4) is 22.5 Å². The number of sulfonamides is 1. The molecule has 0 fully saturated rings. The Labute approximate surface area is 200 Å². The van der Waals surface area contributed by atoms with Gasteiger partial charge in [-0.25, -0.2) is 23.0 Å². The number of furan rings is 1. The van der Waals surface area contributed by atoms with Crippen molar-refractivity contribution in [2.75, 3.05) is 12.8 Å². The molecule has 32 heavy (non-hydrogen) atoms. The molecule has 0 unspecified atom stereocenters. The maximum absolute atomic E-state index is 13.7. The Morgan fingerprint density at radius 2 is 1.88 bits per heavy atom. The van der Waals surface area contributed by atoms with Gasteiger partial charge < -0.3 is 4.42 Å². The SMILES string of the molecule is CN(O)C(=S)SCCCc1cc(-c2ccc(S(N)(=O)=O)cc2)c(-c2ccc(F)c(Cl)c2)o1. The first-order valence-electron chi connectivity index (χ1n) is 9.37. The third-order valence-electron chi connectivity index (χ3n) is 4.52. The highest BCUT2D eigenvalue weighted by molar-refractivity contribution is 8.22. The van der Waals surface area contributed by atoms with Gasteiger partial charge in [0.05, 0.1) is 9.92 Å². The van der Waals surface area contributed by atoms with E-state index >= 15 is 0 Å². The molecule has 1 heterocycles. The fourth-order valence-electron chi connectivity index (χ4n) is 2.95. The summed E-state index contributed by atoms with van der Waals surface area (Å²) in [5, 5.41) is 15.4. The maximum Gasteiger partial charge on any atom is 0.238 e. The second kappa shape index (κ2) is 10.3. The number of primary sulfonamides is 1. The lowest BCUT2D eigenvalue weighted by molar-refractivity contribution is 0.0205. The summed E-state index contributed by atoms with van der Waals surface area (Å²) in [7, 11) is -2.35. The number of hydroxylamine groups is 2. The second-order valence-corrected chi connectivity index (χ2v) is 10.6. The van der Waals surface area contributed by atoms with Gasteiger partial charge in [0.1, 0.15) is 17.3 Å². The summed E-state index contributed by atoms with van der Waals surface area (Å²) in [6, 6.07) is 12.3. The van der Waals surface area contributed by atoms with Crippen LogP contribution in [0.1, 0.15) is 12.2 Å². The quantitative estimate of drug-likeness (QED) is 0.250. The van der Waals surface area contributed by atoms with Gasteiger partial charge in [0.15, 0.2) is 4.32 Å². The van der Waals surface area contributed by atoms with Crippen molar-refractivity contribution < 1.29 is 22.4 Å². The highest BCUT2D eigenvalue weighted by Crippen LogP contribution is 2.37. The monoisotopic (exact) mass is 514 g/mol. The Balaban J connectivity index is 1.91. The lowest BCUT2D eigenvalue weighted by Gasteiger charge is -2.09. The second-order valence-electron chi connectivity index (χ2n) is 6.90. The summed E-state index contributed by atoms with van der Waals surface area (Å²) in [5.74, 6) is 1.32. The maximum atomic E-state index is 13.7. The molecule has 0 saturated carbocycles. The van der Waals surface area contributed by atoms with E-state index in [4.69, 9.17) is 33.4 Å². The van der Waals surface area contributed by atoms with Crippen LogP contribution in [0.4, 0.5) is 4.39 Å². The van der Waals surface area contributed by atoms with Gasteiger partial charge in [0.25, 0.3) is 0 Å². The van der Waals surface area contributed by atoms with Gasteiger partial charge in [-0.2, -0.15) is 0 Å². The zero-order chi connectivity index (χ0) is 23.5. The van der Waals surface area contributed by atoms with E-state index in [1.807, 2.05) is 6.07 Å². The van der Waals surface area contributed by atoms with Crippen molar-refractivity contribution in [3.05, 3.63) is 65.1 Å². The molecule has 1 aromatic heterocycles. The van der Waals surface area contributed by atoms with Crippen molar-refractivity contribution in [2.24, 2.45) is 5.14 Å². The van der Waals surface area contributed by atoms with Crippen LogP contribution in [0.15, 0.2) is 57.8 Å². The highest BCUT2D eigenvalue weighted by Gasteiger charge is 2.17. The number of nitrogens with two attached hydrogens (primary N) is 1. The predicted molar refractivity (Wildman–Crippen MR) is 129 cm³/mol. The molecule has 0 spiro atoms. The molecule has 0 saturated heterocycles. The average Bonchev–Trinajstić information content (AvgIpc) is 3.16. The van der Waals surface area contributed by atoms with Gasteiger partial charge in [-0.3, -0.25) is 5.21 Å². The molecule has 0 aliphatic rings. The summed E-state index contributed by atoms with van der Waals surface area (Å²) in [5.41, 5.74) is 2.01. The standard InChI is InChI=1S/C21H20ClFN2O4S3/c1-25(26)21(30)31-10-2-3-15-12-17(13-4-7-16(8-5-13)32(24,27)28)20(29-15)14-6-9-19(23)18(22)11-14/h4-9,11-12,26H,2-3,10H2,1H3,(H2,24,27,28). The first kappa shape index (κ1) is 24.7. The van der Waals surface area contributed by atoms with Gasteiger partial charge in [-0.15, -0.1) is 0 Å². The van der Waals surface area contributed by atoms with Gasteiger partial charge in [0.2, 0.25) is 10.0 Å². The van der Waals surface area contributed by atoms with Crippen molar-refractivity contribution in [2.45, 2.75) is 17.7 Å². The Bertz CT molecular complexity index is 1230. The number of halogens is 2. The van der Waals surface area contributed by atoms with E-state index < -0.39 is 15.8 Å². The van der Waals surface area contributed by atoms with Gasteiger partial charge in [-0.1, -0.05) is 47.7 Å². The molecule has 3 rings (SSSR count). The van der Waals surface area contributed by atoms with E-state index in [2.05, 4.69) is 0 Å². The van der Waals surface area contributed by atoms with Gasteiger partial charge in [-0.05, 0) is 48.4 Å². The molecule has 0 amide bonds. The van der Waals surface area contributed by atoms with Crippen LogP contribution in [0, 0.1) is 5.82 Å². The number of aryl methyl sites for hydroxylation is 1. The minimum absolute atomic E-state index is 0.00168.